The fraction of sp³-hybridized carbons (Fsp3) is 0.750. The first-order chi connectivity index (χ1) is 26.2. The molecule has 0 amide bonds. The molecule has 6 saturated carbocycles. The Morgan fingerprint density at radius 2 is 1.79 bits per heavy atom. The number of carbonyl (C=O) groups is 2. The van der Waals surface area contributed by atoms with E-state index in [0.29, 0.717) is 42.9 Å². The molecule has 8 nitrogen and oxygen atoms in total. The summed E-state index contributed by atoms with van der Waals surface area (Å²) in [5.74, 6) is 1.88. The molecular formula is C48H72O8. The maximum atomic E-state index is 12.4. The molecule has 0 aromatic rings. The van der Waals surface area contributed by atoms with Crippen LogP contribution in [0.25, 0.3) is 0 Å². The molecule has 6 N–H and O–H groups in total. The van der Waals surface area contributed by atoms with Crippen molar-refractivity contribution in [2.75, 3.05) is 6.61 Å². The van der Waals surface area contributed by atoms with Crippen molar-refractivity contribution in [3.63, 3.8) is 0 Å². The van der Waals surface area contributed by atoms with Crippen LogP contribution in [0.1, 0.15) is 138 Å². The van der Waals surface area contributed by atoms with Gasteiger partial charge in [-0.25, -0.2) is 0 Å². The number of aliphatic hydroxyl groups is 6. The second-order valence-corrected chi connectivity index (χ2v) is 20.5. The van der Waals surface area contributed by atoms with Crippen molar-refractivity contribution >= 4 is 11.6 Å². The van der Waals surface area contributed by atoms with E-state index in [1.54, 1.807) is 17.7 Å². The van der Waals surface area contributed by atoms with Gasteiger partial charge in [0.05, 0.1) is 23.9 Å². The predicted molar refractivity (Wildman–Crippen MR) is 219 cm³/mol. The number of hydrogen-bond acceptors (Lipinski definition) is 8. The summed E-state index contributed by atoms with van der Waals surface area (Å²) in [5.41, 5.74) is 1.63. The summed E-state index contributed by atoms with van der Waals surface area (Å²) < 4.78 is 0. The number of allylic oxidation sites excluding steroid dienone is 7. The van der Waals surface area contributed by atoms with Gasteiger partial charge in [-0.2, -0.15) is 0 Å². The van der Waals surface area contributed by atoms with Crippen molar-refractivity contribution in [2.45, 2.75) is 167 Å². The van der Waals surface area contributed by atoms with E-state index in [1.807, 2.05) is 26.8 Å². The number of ketones is 2. The Bertz CT molecular complexity index is 1650. The van der Waals surface area contributed by atoms with E-state index in [9.17, 15) is 40.2 Å². The van der Waals surface area contributed by atoms with Gasteiger partial charge in [0.2, 0.25) is 0 Å². The number of Topliss-reactive ketones (excluding diaryl/α,β-unsaturated/α-hetero) is 1. The van der Waals surface area contributed by atoms with Crippen molar-refractivity contribution in [3.8, 4) is 0 Å². The Morgan fingerprint density at radius 3 is 2.48 bits per heavy atom. The lowest BCUT2D eigenvalue weighted by molar-refractivity contribution is -0.178. The third-order valence-corrected chi connectivity index (χ3v) is 16.7. The fourth-order valence-electron chi connectivity index (χ4n) is 13.7. The van der Waals surface area contributed by atoms with Gasteiger partial charge in [0.1, 0.15) is 12.2 Å². The predicted octanol–water partition coefficient (Wildman–Crippen LogP) is 7.26. The van der Waals surface area contributed by atoms with Crippen molar-refractivity contribution in [3.05, 3.63) is 59.3 Å². The molecule has 7 aliphatic carbocycles. The first-order valence-electron chi connectivity index (χ1n) is 21.8. The highest BCUT2D eigenvalue weighted by Gasteiger charge is 2.68. The first kappa shape index (κ1) is 43.4. The van der Waals surface area contributed by atoms with E-state index >= 15 is 0 Å². The summed E-state index contributed by atoms with van der Waals surface area (Å²) in [6.45, 7) is 16.2. The van der Waals surface area contributed by atoms with E-state index in [4.69, 9.17) is 0 Å². The Balaban J connectivity index is 0.000000191. The number of rotatable bonds is 8. The molecular weight excluding hydrogens is 705 g/mol. The van der Waals surface area contributed by atoms with E-state index in [-0.39, 0.29) is 29.0 Å². The maximum Gasteiger partial charge on any atom is 0.190 e. The number of fused-ring (bicyclic) bond motifs is 6. The average Bonchev–Trinajstić information content (AvgIpc) is 3.62. The molecule has 0 unspecified atom stereocenters. The van der Waals surface area contributed by atoms with Crippen LogP contribution in [-0.2, 0) is 9.59 Å². The first-order valence-corrected chi connectivity index (χ1v) is 21.8. The molecule has 312 valence electrons. The lowest BCUT2D eigenvalue weighted by Gasteiger charge is -2.59. The minimum atomic E-state index is -1.56. The summed E-state index contributed by atoms with van der Waals surface area (Å²) in [6.07, 6.45) is 21.5. The summed E-state index contributed by atoms with van der Waals surface area (Å²) in [4.78, 5) is 24.2. The van der Waals surface area contributed by atoms with Crippen molar-refractivity contribution in [1.29, 1.82) is 0 Å². The molecule has 8 heteroatoms. The van der Waals surface area contributed by atoms with Crippen LogP contribution in [0.5, 0.6) is 0 Å². The zero-order chi connectivity index (χ0) is 41.0. The molecule has 0 aliphatic heterocycles. The van der Waals surface area contributed by atoms with E-state index in [2.05, 4.69) is 39.5 Å². The summed E-state index contributed by atoms with van der Waals surface area (Å²) in [7, 11) is 0. The van der Waals surface area contributed by atoms with Gasteiger partial charge in [0, 0.05) is 23.2 Å². The SMILES string of the molecule is C=C1/C(=C\C=C2/CCC[C@]3(C)[C@@H]([C@H](C)CCCC(C)(C)O)CC[C@@H]23)C[C@@H](O)C[C@@H]1O.C[C@]12C=CC(=O)C=C1CC[C@@H]1[C@@H]2[C@@H](O)C[C@@]2(C)[C@H]1CC[C@]2(O)C(=O)CO. The molecule has 0 aromatic heterocycles. The van der Waals surface area contributed by atoms with Crippen LogP contribution in [0.3, 0.4) is 0 Å². The molecule has 56 heavy (non-hydrogen) atoms. The lowest BCUT2D eigenvalue weighted by Crippen LogP contribution is -2.61. The second-order valence-electron chi connectivity index (χ2n) is 20.5. The van der Waals surface area contributed by atoms with Gasteiger partial charge < -0.3 is 30.6 Å². The zero-order valence-electron chi connectivity index (χ0n) is 35.1. The van der Waals surface area contributed by atoms with Crippen molar-refractivity contribution in [1.82, 2.24) is 0 Å². The largest absolute Gasteiger partial charge is 0.393 e. The molecule has 0 heterocycles. The van der Waals surface area contributed by atoms with E-state index in [1.165, 1.54) is 38.5 Å². The van der Waals surface area contributed by atoms with Crippen LogP contribution >= 0.6 is 0 Å². The van der Waals surface area contributed by atoms with Crippen LogP contribution in [0.2, 0.25) is 0 Å². The van der Waals surface area contributed by atoms with Gasteiger partial charge in [-0.15, -0.1) is 0 Å². The highest BCUT2D eigenvalue weighted by atomic mass is 16.3. The van der Waals surface area contributed by atoms with Gasteiger partial charge >= 0.3 is 0 Å². The van der Waals surface area contributed by atoms with Crippen molar-refractivity contribution in [2.24, 2.45) is 51.8 Å². The van der Waals surface area contributed by atoms with E-state index in [0.717, 1.165) is 54.7 Å². The minimum absolute atomic E-state index is 0.00912. The minimum Gasteiger partial charge on any atom is -0.393 e. The summed E-state index contributed by atoms with van der Waals surface area (Å²) in [6, 6.07) is 0. The number of hydrogen-bond donors (Lipinski definition) is 6. The quantitative estimate of drug-likeness (QED) is 0.151. The van der Waals surface area contributed by atoms with Gasteiger partial charge in [-0.05, 0) is 149 Å². The van der Waals surface area contributed by atoms with Crippen LogP contribution in [0.4, 0.5) is 0 Å². The maximum absolute atomic E-state index is 12.4. The third-order valence-electron chi connectivity index (χ3n) is 16.7. The van der Waals surface area contributed by atoms with Crippen LogP contribution < -0.4 is 0 Å². The molecule has 0 aromatic carbocycles. The molecule has 7 aliphatic rings. The van der Waals surface area contributed by atoms with Gasteiger partial charge in [0.25, 0.3) is 0 Å². The number of aliphatic hydroxyl groups excluding tert-OH is 4. The monoisotopic (exact) mass is 777 g/mol. The van der Waals surface area contributed by atoms with Gasteiger partial charge in [0.15, 0.2) is 11.6 Å². The Morgan fingerprint density at radius 1 is 1.05 bits per heavy atom. The molecule has 7 rings (SSSR count). The van der Waals surface area contributed by atoms with Crippen LogP contribution in [0, 0.1) is 51.8 Å². The molecule has 0 spiro atoms. The molecule has 0 saturated heterocycles. The van der Waals surface area contributed by atoms with Crippen LogP contribution in [0.15, 0.2) is 59.3 Å². The molecule has 13 atom stereocenters. The molecule has 0 bridgehead atoms. The topological polar surface area (TPSA) is 156 Å². The Labute approximate surface area is 335 Å². The summed E-state index contributed by atoms with van der Waals surface area (Å²) in [5, 5.41) is 61.9. The Hall–Kier alpha value is -2.20. The molecule has 6 fully saturated rings. The lowest BCUT2D eigenvalue weighted by atomic mass is 9.46. The van der Waals surface area contributed by atoms with Gasteiger partial charge in [-0.1, -0.05) is 76.5 Å². The average molecular weight is 777 g/mol. The second kappa shape index (κ2) is 16.1. The third kappa shape index (κ3) is 7.81. The summed E-state index contributed by atoms with van der Waals surface area (Å²) >= 11 is 0. The Kier molecular flexibility index (Phi) is 12.5. The number of carbonyl (C=O) groups excluding carboxylic acids is 2. The van der Waals surface area contributed by atoms with E-state index < -0.39 is 47.3 Å². The molecule has 0 radical (unpaired) electrons. The normalized spacial score (nSPS) is 44.0. The van der Waals surface area contributed by atoms with Gasteiger partial charge in [-0.3, -0.25) is 9.59 Å². The highest BCUT2D eigenvalue weighted by molar-refractivity contribution is 6.01. The standard InChI is InChI=1S/C27H44O3.C21H28O5/c1-18(8-6-14-26(3,4)30)23-12-13-24-20(9-7-15-27(23,24)5)10-11-21-16-22(28)17-25(29)19(21)2;1-19-7-5-13(23)9-12(19)3-4-14-15-6-8-21(26,17(25)11-22)20(15,2)10-16(24)18(14)19/h10-11,18,22-25,28-30H,2,6-9,12-17H2,1,3-5H3;5,7,9,14-16,18,22,24,26H,3-4,6,8,10-11H2,1-2H3/b20-10+,21-11-;/t18-,22-,23-,24+,25+,27-;14-,15-,16-,18+,19-,20-,21-/m10/s1. The van der Waals surface area contributed by atoms with Crippen LogP contribution in [-0.4, -0.2) is 78.3 Å². The fourth-order valence-corrected chi connectivity index (χ4v) is 13.7. The highest BCUT2D eigenvalue weighted by Crippen LogP contribution is 2.67. The van der Waals surface area contributed by atoms with Crippen molar-refractivity contribution < 1.29 is 40.2 Å². The zero-order valence-corrected chi connectivity index (χ0v) is 35.1. The smallest absolute Gasteiger partial charge is 0.190 e.